The van der Waals surface area contributed by atoms with Crippen LogP contribution in [0, 0.1) is 10.1 Å². The molecule has 8 heteroatoms. The minimum absolute atomic E-state index is 0.0335. The maximum atomic E-state index is 11.1. The normalized spacial score (nSPS) is 18.9. The number of aromatic carboxylic acids is 1. The van der Waals surface area contributed by atoms with Crippen LogP contribution < -0.4 is 4.90 Å². The second-order valence-electron chi connectivity index (χ2n) is 4.37. The van der Waals surface area contributed by atoms with E-state index in [1.807, 2.05) is 0 Å². The molecule has 0 bridgehead atoms. The van der Waals surface area contributed by atoms with E-state index in [1.54, 1.807) is 4.90 Å². The number of carboxylic acid groups (broad SMARTS) is 1. The van der Waals surface area contributed by atoms with Crippen molar-refractivity contribution in [2.45, 2.75) is 6.04 Å². The third-order valence-electron chi connectivity index (χ3n) is 3.17. The highest BCUT2D eigenvalue weighted by Crippen LogP contribution is 2.31. The predicted octanol–water partition coefficient (Wildman–Crippen LogP) is 0.490. The molecule has 1 unspecified atom stereocenters. The minimum atomic E-state index is -1.16. The second-order valence-corrected chi connectivity index (χ2v) is 4.37. The van der Waals surface area contributed by atoms with Crippen LogP contribution in [0.4, 0.5) is 11.4 Å². The van der Waals surface area contributed by atoms with Gasteiger partial charge in [0.25, 0.3) is 5.69 Å². The Hall–Kier alpha value is -2.19. The lowest BCUT2D eigenvalue weighted by molar-refractivity contribution is -0.384. The van der Waals surface area contributed by atoms with Crippen molar-refractivity contribution < 1.29 is 24.7 Å². The second kappa shape index (κ2) is 5.85. The van der Waals surface area contributed by atoms with Gasteiger partial charge in [-0.1, -0.05) is 0 Å². The first-order valence-corrected chi connectivity index (χ1v) is 6.01. The average molecular weight is 282 g/mol. The van der Waals surface area contributed by atoms with E-state index in [2.05, 4.69) is 0 Å². The monoisotopic (exact) mass is 282 g/mol. The van der Waals surface area contributed by atoms with Gasteiger partial charge in [-0.25, -0.2) is 4.79 Å². The minimum Gasteiger partial charge on any atom is -0.478 e. The van der Waals surface area contributed by atoms with Crippen LogP contribution in [0.2, 0.25) is 0 Å². The molecule has 1 aromatic carbocycles. The summed E-state index contributed by atoms with van der Waals surface area (Å²) in [5.41, 5.74) is -0.0265. The van der Waals surface area contributed by atoms with Crippen molar-refractivity contribution in [3.63, 3.8) is 0 Å². The molecule has 1 heterocycles. The first-order valence-electron chi connectivity index (χ1n) is 6.01. The molecule has 1 fully saturated rings. The molecular formula is C12H14N2O6. The number of aliphatic hydroxyl groups excluding tert-OH is 1. The van der Waals surface area contributed by atoms with Gasteiger partial charge < -0.3 is 19.8 Å². The number of nitrogens with zero attached hydrogens (tertiary/aromatic N) is 2. The lowest BCUT2D eigenvalue weighted by atomic mass is 10.1. The summed E-state index contributed by atoms with van der Waals surface area (Å²) in [6.45, 7) is 0.736. The van der Waals surface area contributed by atoms with Gasteiger partial charge in [0, 0.05) is 12.6 Å². The Kier molecular flexibility index (Phi) is 4.16. The van der Waals surface area contributed by atoms with E-state index in [-0.39, 0.29) is 30.2 Å². The van der Waals surface area contributed by atoms with Crippen LogP contribution in [-0.4, -0.2) is 53.5 Å². The molecule has 2 N–H and O–H groups in total. The van der Waals surface area contributed by atoms with E-state index in [4.69, 9.17) is 9.84 Å². The molecule has 1 saturated heterocycles. The fourth-order valence-corrected chi connectivity index (χ4v) is 2.16. The highest BCUT2D eigenvalue weighted by atomic mass is 16.6. The number of ether oxygens (including phenoxy) is 1. The summed E-state index contributed by atoms with van der Waals surface area (Å²) in [4.78, 5) is 23.1. The van der Waals surface area contributed by atoms with Gasteiger partial charge in [-0.3, -0.25) is 10.1 Å². The Labute approximate surface area is 114 Å². The zero-order valence-corrected chi connectivity index (χ0v) is 10.6. The molecule has 0 aromatic heterocycles. The average Bonchev–Trinajstić information content (AvgIpc) is 2.46. The molecule has 2 rings (SSSR count). The zero-order valence-electron chi connectivity index (χ0n) is 10.6. The number of morpholine rings is 1. The van der Waals surface area contributed by atoms with Gasteiger partial charge in [0.15, 0.2) is 0 Å². The van der Waals surface area contributed by atoms with Crippen molar-refractivity contribution >= 4 is 17.3 Å². The van der Waals surface area contributed by atoms with Gasteiger partial charge in [0.1, 0.15) is 5.69 Å². The maximum absolute atomic E-state index is 11.1. The smallest absolute Gasteiger partial charge is 0.335 e. The van der Waals surface area contributed by atoms with Gasteiger partial charge in [0.05, 0.1) is 36.3 Å². The number of carbonyl (C=O) groups is 1. The summed E-state index contributed by atoms with van der Waals surface area (Å²) < 4.78 is 5.21. The lowest BCUT2D eigenvalue weighted by Gasteiger charge is -2.35. The third-order valence-corrected chi connectivity index (χ3v) is 3.17. The van der Waals surface area contributed by atoms with Crippen LogP contribution in [0.25, 0.3) is 0 Å². The summed E-state index contributed by atoms with van der Waals surface area (Å²) >= 11 is 0. The van der Waals surface area contributed by atoms with Crippen LogP contribution >= 0.6 is 0 Å². The first-order chi connectivity index (χ1) is 9.54. The number of nitro benzene ring substituents is 1. The lowest BCUT2D eigenvalue weighted by Crippen LogP contribution is -2.47. The number of carboxylic acids is 1. The molecule has 20 heavy (non-hydrogen) atoms. The van der Waals surface area contributed by atoms with Gasteiger partial charge in [0.2, 0.25) is 0 Å². The molecule has 1 aromatic rings. The SMILES string of the molecule is O=C(O)c1ccc([N+](=O)[O-])c(N2CCOCC2CO)c1. The first kappa shape index (κ1) is 14.2. The highest BCUT2D eigenvalue weighted by molar-refractivity contribution is 5.90. The molecular weight excluding hydrogens is 268 g/mol. The number of benzene rings is 1. The molecule has 108 valence electrons. The van der Waals surface area contributed by atoms with E-state index < -0.39 is 16.9 Å². The van der Waals surface area contributed by atoms with Crippen molar-refractivity contribution in [3.8, 4) is 0 Å². The molecule has 8 nitrogen and oxygen atoms in total. The summed E-state index contributed by atoms with van der Waals surface area (Å²) in [6.07, 6.45) is 0. The van der Waals surface area contributed by atoms with E-state index >= 15 is 0 Å². The number of hydrogen-bond acceptors (Lipinski definition) is 6. The number of aliphatic hydroxyl groups is 1. The van der Waals surface area contributed by atoms with Crippen molar-refractivity contribution in [2.24, 2.45) is 0 Å². The molecule has 1 atom stereocenters. The Balaban J connectivity index is 2.47. The standard InChI is InChI=1S/C12H14N2O6/c15-6-9-7-20-4-3-13(9)11-5-8(12(16)17)1-2-10(11)14(18)19/h1-2,5,9,15H,3-4,6-7H2,(H,16,17). The molecule has 1 aliphatic heterocycles. The number of nitro groups is 1. The highest BCUT2D eigenvalue weighted by Gasteiger charge is 2.29. The predicted molar refractivity (Wildman–Crippen MR) is 69.1 cm³/mol. The molecule has 0 radical (unpaired) electrons. The van der Waals surface area contributed by atoms with Gasteiger partial charge >= 0.3 is 5.97 Å². The third kappa shape index (κ3) is 2.70. The largest absolute Gasteiger partial charge is 0.478 e. The molecule has 1 aliphatic rings. The Bertz CT molecular complexity index is 533. The molecule has 0 saturated carbocycles. The van der Waals surface area contributed by atoms with E-state index in [1.165, 1.54) is 18.2 Å². The van der Waals surface area contributed by atoms with Crippen molar-refractivity contribution in [1.82, 2.24) is 0 Å². The summed E-state index contributed by atoms with van der Waals surface area (Å²) in [7, 11) is 0. The molecule has 0 spiro atoms. The van der Waals surface area contributed by atoms with Gasteiger partial charge in [-0.15, -0.1) is 0 Å². The van der Waals surface area contributed by atoms with Crippen molar-refractivity contribution in [1.29, 1.82) is 0 Å². The Morgan fingerprint density at radius 2 is 2.30 bits per heavy atom. The summed E-state index contributed by atoms with van der Waals surface area (Å²) in [6, 6.07) is 3.20. The Morgan fingerprint density at radius 3 is 2.90 bits per heavy atom. The number of hydrogen-bond donors (Lipinski definition) is 2. The van der Waals surface area contributed by atoms with Crippen molar-refractivity contribution in [2.75, 3.05) is 31.3 Å². The summed E-state index contributed by atoms with van der Waals surface area (Å²) in [5.74, 6) is -1.16. The zero-order chi connectivity index (χ0) is 14.7. The fourth-order valence-electron chi connectivity index (χ4n) is 2.16. The molecule has 0 amide bonds. The molecule has 0 aliphatic carbocycles. The van der Waals surface area contributed by atoms with Crippen LogP contribution in [0.3, 0.4) is 0 Å². The van der Waals surface area contributed by atoms with Gasteiger partial charge in [-0.05, 0) is 12.1 Å². The van der Waals surface area contributed by atoms with E-state index in [0.29, 0.717) is 13.2 Å². The van der Waals surface area contributed by atoms with Crippen LogP contribution in [0.5, 0.6) is 0 Å². The fraction of sp³-hybridized carbons (Fsp3) is 0.417. The van der Waals surface area contributed by atoms with Crippen LogP contribution in [0.15, 0.2) is 18.2 Å². The summed E-state index contributed by atoms with van der Waals surface area (Å²) in [5, 5.41) is 29.4. The van der Waals surface area contributed by atoms with E-state index in [0.717, 1.165) is 0 Å². The van der Waals surface area contributed by atoms with Crippen molar-refractivity contribution in [3.05, 3.63) is 33.9 Å². The number of anilines is 1. The van der Waals surface area contributed by atoms with Gasteiger partial charge in [-0.2, -0.15) is 0 Å². The topological polar surface area (TPSA) is 113 Å². The van der Waals surface area contributed by atoms with E-state index in [9.17, 15) is 20.0 Å². The maximum Gasteiger partial charge on any atom is 0.335 e. The Morgan fingerprint density at radius 1 is 1.55 bits per heavy atom. The number of rotatable bonds is 4. The van der Waals surface area contributed by atoms with Crippen LogP contribution in [0.1, 0.15) is 10.4 Å². The van der Waals surface area contributed by atoms with Crippen LogP contribution in [-0.2, 0) is 4.74 Å². The quantitative estimate of drug-likeness (QED) is 0.610.